The fourth-order valence-electron chi connectivity index (χ4n) is 3.37. The molecule has 1 aliphatic heterocycles. The Balaban J connectivity index is 1.53. The van der Waals surface area contributed by atoms with Crippen LogP contribution in [0.15, 0.2) is 76.5 Å². The van der Waals surface area contributed by atoms with Crippen LogP contribution in [0.25, 0.3) is 11.3 Å². The van der Waals surface area contributed by atoms with E-state index < -0.39 is 0 Å². The zero-order valence-electron chi connectivity index (χ0n) is 15.1. The molecule has 0 N–H and O–H groups in total. The van der Waals surface area contributed by atoms with E-state index in [1.54, 1.807) is 28.7 Å². The third-order valence-corrected chi connectivity index (χ3v) is 7.29. The standard InChI is InChI=1S/C22H15Cl2N3S2/c23-16-9-8-15(11-17(16)24)19-13-29-22(25-19)27-20(14-5-2-1-3-6-14)12-18(26-27)21-7-4-10-28-21/h1-11,13,20H,12H2/t20-/m0/s1. The minimum absolute atomic E-state index is 0.126. The first-order valence-electron chi connectivity index (χ1n) is 9.05. The van der Waals surface area contributed by atoms with Gasteiger partial charge in [0.25, 0.3) is 0 Å². The lowest BCUT2D eigenvalue weighted by Gasteiger charge is -2.21. The van der Waals surface area contributed by atoms with Crippen LogP contribution < -0.4 is 5.01 Å². The average Bonchev–Trinajstić information content (AvgIpc) is 3.50. The highest BCUT2D eigenvalue weighted by Gasteiger charge is 2.32. The predicted molar refractivity (Wildman–Crippen MR) is 125 cm³/mol. The highest BCUT2D eigenvalue weighted by atomic mass is 35.5. The summed E-state index contributed by atoms with van der Waals surface area (Å²) in [5.74, 6) is 0. The van der Waals surface area contributed by atoms with E-state index in [4.69, 9.17) is 33.3 Å². The van der Waals surface area contributed by atoms with Gasteiger partial charge >= 0.3 is 0 Å². The van der Waals surface area contributed by atoms with Crippen LogP contribution in [-0.4, -0.2) is 10.7 Å². The molecule has 2 aromatic heterocycles. The fraction of sp³-hybridized carbons (Fsp3) is 0.0909. The maximum atomic E-state index is 6.19. The molecule has 29 heavy (non-hydrogen) atoms. The van der Waals surface area contributed by atoms with Crippen molar-refractivity contribution in [1.82, 2.24) is 4.98 Å². The van der Waals surface area contributed by atoms with Gasteiger partial charge in [-0.3, -0.25) is 0 Å². The van der Waals surface area contributed by atoms with Gasteiger partial charge in [-0.05, 0) is 29.1 Å². The Bertz CT molecular complexity index is 1170. The van der Waals surface area contributed by atoms with Gasteiger partial charge in [-0.1, -0.05) is 65.7 Å². The van der Waals surface area contributed by atoms with Crippen LogP contribution in [0.2, 0.25) is 10.0 Å². The van der Waals surface area contributed by atoms with Crippen LogP contribution in [0.4, 0.5) is 5.13 Å². The summed E-state index contributed by atoms with van der Waals surface area (Å²) in [5, 5.41) is 13.1. The van der Waals surface area contributed by atoms with E-state index >= 15 is 0 Å². The lowest BCUT2D eigenvalue weighted by molar-refractivity contribution is 0.706. The van der Waals surface area contributed by atoms with Gasteiger partial charge in [0.1, 0.15) is 0 Å². The maximum absolute atomic E-state index is 6.19. The molecule has 2 aromatic carbocycles. The third-order valence-electron chi connectivity index (χ3n) is 4.80. The van der Waals surface area contributed by atoms with E-state index in [2.05, 4.69) is 46.8 Å². The van der Waals surface area contributed by atoms with Gasteiger partial charge in [-0.15, -0.1) is 22.7 Å². The molecule has 3 heterocycles. The van der Waals surface area contributed by atoms with Gasteiger partial charge < -0.3 is 0 Å². The normalized spacial score (nSPS) is 16.3. The van der Waals surface area contributed by atoms with Crippen molar-refractivity contribution in [3.8, 4) is 11.3 Å². The van der Waals surface area contributed by atoms with Crippen molar-refractivity contribution in [2.45, 2.75) is 12.5 Å². The van der Waals surface area contributed by atoms with Crippen LogP contribution >= 0.6 is 45.9 Å². The van der Waals surface area contributed by atoms with Crippen molar-refractivity contribution in [2.75, 3.05) is 5.01 Å². The second-order valence-electron chi connectivity index (χ2n) is 6.64. The highest BCUT2D eigenvalue weighted by Crippen LogP contribution is 2.40. The Morgan fingerprint density at radius 2 is 1.79 bits per heavy atom. The van der Waals surface area contributed by atoms with Crippen molar-refractivity contribution < 1.29 is 0 Å². The van der Waals surface area contributed by atoms with Gasteiger partial charge in [-0.2, -0.15) is 5.10 Å². The molecular formula is C22H15Cl2N3S2. The summed E-state index contributed by atoms with van der Waals surface area (Å²) < 4.78 is 0. The number of hydrogen-bond acceptors (Lipinski definition) is 5. The van der Waals surface area contributed by atoms with E-state index in [9.17, 15) is 0 Å². The van der Waals surface area contributed by atoms with Crippen LogP contribution in [0, 0.1) is 0 Å². The van der Waals surface area contributed by atoms with Gasteiger partial charge in [0.2, 0.25) is 5.13 Å². The molecule has 0 amide bonds. The molecular weight excluding hydrogens is 441 g/mol. The number of hydrogen-bond donors (Lipinski definition) is 0. The lowest BCUT2D eigenvalue weighted by atomic mass is 10.0. The summed E-state index contributed by atoms with van der Waals surface area (Å²) in [6, 6.07) is 20.4. The van der Waals surface area contributed by atoms with Gasteiger partial charge in [0, 0.05) is 17.4 Å². The number of anilines is 1. The van der Waals surface area contributed by atoms with Crippen molar-refractivity contribution in [3.63, 3.8) is 0 Å². The molecule has 0 radical (unpaired) electrons. The Morgan fingerprint density at radius 1 is 0.931 bits per heavy atom. The van der Waals surface area contributed by atoms with Crippen LogP contribution in [0.5, 0.6) is 0 Å². The molecule has 0 fully saturated rings. The number of thiazole rings is 1. The number of nitrogens with zero attached hydrogens (tertiary/aromatic N) is 3. The summed E-state index contributed by atoms with van der Waals surface area (Å²) in [7, 11) is 0. The predicted octanol–water partition coefficient (Wildman–Crippen LogP) is 7.53. The molecule has 144 valence electrons. The van der Waals surface area contributed by atoms with Gasteiger partial charge in [0.05, 0.1) is 32.4 Å². The summed E-state index contributed by atoms with van der Waals surface area (Å²) in [6.45, 7) is 0. The first-order valence-corrected chi connectivity index (χ1v) is 11.6. The number of thiophene rings is 1. The van der Waals surface area contributed by atoms with Crippen molar-refractivity contribution in [1.29, 1.82) is 0 Å². The van der Waals surface area contributed by atoms with Crippen molar-refractivity contribution in [2.24, 2.45) is 5.10 Å². The third kappa shape index (κ3) is 3.71. The van der Waals surface area contributed by atoms with E-state index in [1.165, 1.54) is 10.4 Å². The van der Waals surface area contributed by atoms with E-state index in [0.717, 1.165) is 28.5 Å². The SMILES string of the molecule is Clc1ccc(-c2csc(N3N=C(c4cccs4)C[C@H]3c3ccccc3)n2)cc1Cl. The minimum atomic E-state index is 0.126. The van der Waals surface area contributed by atoms with E-state index in [-0.39, 0.29) is 6.04 Å². The molecule has 0 saturated heterocycles. The molecule has 0 unspecified atom stereocenters. The number of aromatic nitrogens is 1. The fourth-order valence-corrected chi connectivity index (χ4v) is 5.22. The first kappa shape index (κ1) is 18.8. The zero-order chi connectivity index (χ0) is 19.8. The summed E-state index contributed by atoms with van der Waals surface area (Å²) in [5.41, 5.74) is 4.14. The summed E-state index contributed by atoms with van der Waals surface area (Å²) in [4.78, 5) is 6.07. The Hall–Kier alpha value is -2.18. The van der Waals surface area contributed by atoms with Crippen molar-refractivity contribution in [3.05, 3.63) is 91.9 Å². The maximum Gasteiger partial charge on any atom is 0.207 e. The summed E-state index contributed by atoms with van der Waals surface area (Å²) in [6.07, 6.45) is 0.853. The molecule has 0 aliphatic carbocycles. The molecule has 7 heteroatoms. The van der Waals surface area contributed by atoms with E-state index in [1.807, 2.05) is 23.6 Å². The molecule has 1 aliphatic rings. The second kappa shape index (κ2) is 7.92. The largest absolute Gasteiger partial charge is 0.231 e. The Labute approximate surface area is 186 Å². The molecule has 4 aromatic rings. The lowest BCUT2D eigenvalue weighted by Crippen LogP contribution is -2.18. The molecule has 0 bridgehead atoms. The molecule has 5 rings (SSSR count). The topological polar surface area (TPSA) is 28.5 Å². The minimum Gasteiger partial charge on any atom is -0.231 e. The number of rotatable bonds is 4. The quantitative estimate of drug-likeness (QED) is 0.317. The molecule has 1 atom stereocenters. The van der Waals surface area contributed by atoms with Crippen LogP contribution in [0.1, 0.15) is 22.9 Å². The number of hydrazone groups is 1. The number of halogens is 2. The number of benzene rings is 2. The smallest absolute Gasteiger partial charge is 0.207 e. The van der Waals surface area contributed by atoms with Gasteiger partial charge in [-0.25, -0.2) is 9.99 Å². The van der Waals surface area contributed by atoms with Crippen molar-refractivity contribution >= 4 is 56.7 Å². The Kier molecular flexibility index (Phi) is 5.14. The average molecular weight is 456 g/mol. The van der Waals surface area contributed by atoms with Crippen LogP contribution in [-0.2, 0) is 0 Å². The molecule has 0 saturated carbocycles. The Morgan fingerprint density at radius 3 is 2.55 bits per heavy atom. The molecule has 0 spiro atoms. The van der Waals surface area contributed by atoms with Crippen LogP contribution in [0.3, 0.4) is 0 Å². The van der Waals surface area contributed by atoms with Gasteiger partial charge in [0.15, 0.2) is 0 Å². The van der Waals surface area contributed by atoms with E-state index in [0.29, 0.717) is 10.0 Å². The first-order chi connectivity index (χ1) is 14.2. The second-order valence-corrected chi connectivity index (χ2v) is 9.24. The monoisotopic (exact) mass is 455 g/mol. The highest BCUT2D eigenvalue weighted by molar-refractivity contribution is 7.14. The molecule has 3 nitrogen and oxygen atoms in total. The summed E-state index contributed by atoms with van der Waals surface area (Å²) >= 11 is 15.5. The zero-order valence-corrected chi connectivity index (χ0v) is 18.3.